The summed E-state index contributed by atoms with van der Waals surface area (Å²) in [5.41, 5.74) is 0. The summed E-state index contributed by atoms with van der Waals surface area (Å²) in [6, 6.07) is 10.2. The first-order valence-electron chi connectivity index (χ1n) is 5.17. The van der Waals surface area contributed by atoms with Crippen LogP contribution in [0.15, 0.2) is 30.5 Å². The van der Waals surface area contributed by atoms with Crippen LogP contribution in [0.3, 0.4) is 0 Å². The van der Waals surface area contributed by atoms with Gasteiger partial charge in [-0.15, -0.1) is 0 Å². The van der Waals surface area contributed by atoms with Crippen molar-refractivity contribution in [1.29, 1.82) is 0 Å². The largest absolute Gasteiger partial charge is 0.493 e. The molecule has 1 aromatic carbocycles. The Hall–Kier alpha value is -2.10. The number of rotatable bonds is 4. The maximum absolute atomic E-state index is 5.74. The number of nitrogens with zero attached hydrogens (tertiary/aromatic N) is 1. The summed E-state index contributed by atoms with van der Waals surface area (Å²) < 4.78 is 18.1. The molecule has 0 spiro atoms. The van der Waals surface area contributed by atoms with Crippen molar-refractivity contribution in [3.05, 3.63) is 36.5 Å². The molecule has 0 fully saturated rings. The van der Waals surface area contributed by atoms with Crippen LogP contribution < -0.4 is 14.2 Å². The molecule has 2 aromatic rings. The molecule has 4 nitrogen and oxygen atoms in total. The highest BCUT2D eigenvalue weighted by atomic mass is 16.5. The molecule has 0 aliphatic carbocycles. The molecule has 0 N–H and O–H groups in total. The second kappa shape index (κ2) is 4.82. The highest BCUT2D eigenvalue weighted by molar-refractivity contribution is 5.52. The van der Waals surface area contributed by atoms with Crippen LogP contribution in [0, 0.1) is 6.07 Å². The molecular weight excluding hydrogens is 218 g/mol. The summed E-state index contributed by atoms with van der Waals surface area (Å²) in [6.07, 6.45) is 1.79. The SMILES string of the molecule is COc1cccc(Oc2c[c]cn2C)c1OC. The van der Waals surface area contributed by atoms with Crippen LogP contribution >= 0.6 is 0 Å². The standard InChI is InChI=1S/C13H14NO3/c1-14-9-5-8-12(14)17-11-7-4-6-10(15-2)13(11)16-3/h4,6-9H,1-3H3. The third-order valence-corrected chi connectivity index (χ3v) is 2.40. The van der Waals surface area contributed by atoms with E-state index in [9.17, 15) is 0 Å². The second-order valence-corrected chi connectivity index (χ2v) is 3.48. The molecule has 4 heteroatoms. The first-order valence-corrected chi connectivity index (χ1v) is 5.17. The second-order valence-electron chi connectivity index (χ2n) is 3.48. The zero-order valence-corrected chi connectivity index (χ0v) is 10.1. The molecule has 0 aliphatic heterocycles. The molecule has 17 heavy (non-hydrogen) atoms. The van der Waals surface area contributed by atoms with Crippen LogP contribution in [0.25, 0.3) is 0 Å². The van der Waals surface area contributed by atoms with Crippen molar-refractivity contribution >= 4 is 0 Å². The molecule has 0 saturated carbocycles. The summed E-state index contributed by atoms with van der Waals surface area (Å²) in [6.45, 7) is 0. The molecule has 1 radical (unpaired) electrons. The van der Waals surface area contributed by atoms with E-state index in [0.29, 0.717) is 23.1 Å². The van der Waals surface area contributed by atoms with Crippen molar-refractivity contribution in [3.63, 3.8) is 0 Å². The topological polar surface area (TPSA) is 32.6 Å². The summed E-state index contributed by atoms with van der Waals surface area (Å²) >= 11 is 0. The molecular formula is C13H14NO3. The fraction of sp³-hybridized carbons (Fsp3) is 0.231. The number of hydrogen-bond acceptors (Lipinski definition) is 3. The van der Waals surface area contributed by atoms with Crippen molar-refractivity contribution in [1.82, 2.24) is 4.57 Å². The normalized spacial score (nSPS) is 10.1. The van der Waals surface area contributed by atoms with E-state index in [-0.39, 0.29) is 0 Å². The Labute approximate surface area is 100 Å². The van der Waals surface area contributed by atoms with E-state index in [2.05, 4.69) is 6.07 Å². The fourth-order valence-electron chi connectivity index (χ4n) is 1.54. The maximum atomic E-state index is 5.74. The van der Waals surface area contributed by atoms with E-state index in [4.69, 9.17) is 14.2 Å². The minimum atomic E-state index is 0.580. The van der Waals surface area contributed by atoms with Gasteiger partial charge in [-0.3, -0.25) is 0 Å². The molecule has 0 aliphatic rings. The van der Waals surface area contributed by atoms with Crippen molar-refractivity contribution in [3.8, 4) is 23.1 Å². The average Bonchev–Trinajstić information content (AvgIpc) is 2.74. The van der Waals surface area contributed by atoms with Gasteiger partial charge in [0.05, 0.1) is 14.2 Å². The van der Waals surface area contributed by atoms with Gasteiger partial charge in [-0.25, -0.2) is 0 Å². The van der Waals surface area contributed by atoms with Crippen LogP contribution in [-0.4, -0.2) is 18.8 Å². The van der Waals surface area contributed by atoms with Gasteiger partial charge in [0, 0.05) is 25.4 Å². The Morgan fingerprint density at radius 2 is 1.88 bits per heavy atom. The van der Waals surface area contributed by atoms with Crippen molar-refractivity contribution in [2.75, 3.05) is 14.2 Å². The Morgan fingerprint density at radius 1 is 1.12 bits per heavy atom. The van der Waals surface area contributed by atoms with E-state index in [1.807, 2.05) is 29.8 Å². The van der Waals surface area contributed by atoms with Gasteiger partial charge in [-0.05, 0) is 12.1 Å². The maximum Gasteiger partial charge on any atom is 0.204 e. The number of aryl methyl sites for hydroxylation is 1. The lowest BCUT2D eigenvalue weighted by molar-refractivity contribution is 0.332. The zero-order chi connectivity index (χ0) is 12.3. The lowest BCUT2D eigenvalue weighted by atomic mass is 10.3. The van der Waals surface area contributed by atoms with Crippen LogP contribution in [0.4, 0.5) is 0 Å². The summed E-state index contributed by atoms with van der Waals surface area (Å²) in [5, 5.41) is 0. The molecule has 1 heterocycles. The van der Waals surface area contributed by atoms with Gasteiger partial charge >= 0.3 is 0 Å². The van der Waals surface area contributed by atoms with Crippen molar-refractivity contribution in [2.45, 2.75) is 0 Å². The predicted octanol–water partition coefficient (Wildman–Crippen LogP) is 2.63. The van der Waals surface area contributed by atoms with Gasteiger partial charge in [0.15, 0.2) is 11.5 Å². The van der Waals surface area contributed by atoms with Gasteiger partial charge in [0.1, 0.15) is 0 Å². The van der Waals surface area contributed by atoms with Gasteiger partial charge in [-0.1, -0.05) is 6.07 Å². The van der Waals surface area contributed by atoms with Crippen molar-refractivity contribution < 1.29 is 14.2 Å². The van der Waals surface area contributed by atoms with E-state index in [0.717, 1.165) is 0 Å². The molecule has 2 rings (SSSR count). The first kappa shape index (κ1) is 11.4. The highest BCUT2D eigenvalue weighted by Crippen LogP contribution is 2.38. The number of benzene rings is 1. The van der Waals surface area contributed by atoms with E-state index in [1.54, 1.807) is 26.5 Å². The molecule has 1 aromatic heterocycles. The van der Waals surface area contributed by atoms with Crippen LogP contribution in [0.5, 0.6) is 23.1 Å². The molecule has 0 bridgehead atoms. The van der Waals surface area contributed by atoms with Crippen molar-refractivity contribution in [2.24, 2.45) is 7.05 Å². The minimum absolute atomic E-state index is 0.580. The third-order valence-electron chi connectivity index (χ3n) is 2.40. The van der Waals surface area contributed by atoms with Gasteiger partial charge in [0.25, 0.3) is 0 Å². The number of methoxy groups -OCH3 is 2. The molecule has 0 amide bonds. The number of aromatic nitrogens is 1. The molecule has 0 atom stereocenters. The minimum Gasteiger partial charge on any atom is -0.493 e. The fourth-order valence-corrected chi connectivity index (χ4v) is 1.54. The smallest absolute Gasteiger partial charge is 0.204 e. The number of ether oxygens (including phenoxy) is 3. The first-order chi connectivity index (χ1) is 8.26. The molecule has 0 saturated heterocycles. The summed E-state index contributed by atoms with van der Waals surface area (Å²) in [5.74, 6) is 2.53. The Kier molecular flexibility index (Phi) is 3.23. The Bertz CT molecular complexity index is 505. The monoisotopic (exact) mass is 232 g/mol. The van der Waals surface area contributed by atoms with Gasteiger partial charge in [0.2, 0.25) is 11.6 Å². The zero-order valence-electron chi connectivity index (χ0n) is 10.1. The third kappa shape index (κ3) is 2.20. The lowest BCUT2D eigenvalue weighted by Gasteiger charge is -2.13. The van der Waals surface area contributed by atoms with Gasteiger partial charge < -0.3 is 18.8 Å². The van der Waals surface area contributed by atoms with Crippen LogP contribution in [0.2, 0.25) is 0 Å². The Balaban J connectivity index is 2.36. The summed E-state index contributed by atoms with van der Waals surface area (Å²) in [7, 11) is 5.07. The quantitative estimate of drug-likeness (QED) is 0.812. The van der Waals surface area contributed by atoms with E-state index in [1.165, 1.54) is 0 Å². The summed E-state index contributed by atoms with van der Waals surface area (Å²) in [4.78, 5) is 0. The molecule has 0 unspecified atom stereocenters. The Morgan fingerprint density at radius 3 is 2.47 bits per heavy atom. The van der Waals surface area contributed by atoms with E-state index >= 15 is 0 Å². The number of para-hydroxylation sites is 1. The average molecular weight is 232 g/mol. The van der Waals surface area contributed by atoms with Crippen LogP contribution in [0.1, 0.15) is 0 Å². The lowest BCUT2D eigenvalue weighted by Crippen LogP contribution is -1.96. The van der Waals surface area contributed by atoms with E-state index < -0.39 is 0 Å². The number of hydrogen-bond donors (Lipinski definition) is 0. The predicted molar refractivity (Wildman–Crippen MR) is 63.9 cm³/mol. The van der Waals surface area contributed by atoms with Crippen LogP contribution in [-0.2, 0) is 7.05 Å². The highest BCUT2D eigenvalue weighted by Gasteiger charge is 2.12. The molecule has 89 valence electrons. The van der Waals surface area contributed by atoms with Gasteiger partial charge in [-0.2, -0.15) is 0 Å².